The lowest BCUT2D eigenvalue weighted by molar-refractivity contribution is 0.0794. The second kappa shape index (κ2) is 5.36. The van der Waals surface area contributed by atoms with Gasteiger partial charge in [-0.25, -0.2) is 0 Å². The fourth-order valence-electron chi connectivity index (χ4n) is 3.30. The molecule has 1 N–H and O–H groups in total. The molecule has 0 spiro atoms. The first-order valence-electron chi connectivity index (χ1n) is 7.63. The van der Waals surface area contributed by atoms with Gasteiger partial charge in [-0.15, -0.1) is 0 Å². The van der Waals surface area contributed by atoms with Crippen molar-refractivity contribution in [1.29, 1.82) is 0 Å². The number of Topliss-reactive ketones (excluding diaryl/α,β-unsaturated/α-hetero) is 2. The van der Waals surface area contributed by atoms with Crippen LogP contribution in [0.15, 0.2) is 78.5 Å². The average molecular weight is 301 g/mol. The lowest BCUT2D eigenvalue weighted by atomic mass is 9.71. The van der Waals surface area contributed by atoms with Crippen molar-refractivity contribution in [2.24, 2.45) is 11.8 Å². The maximum atomic E-state index is 12.9. The molecule has 2 aromatic rings. The van der Waals surface area contributed by atoms with Crippen LogP contribution in [0, 0.1) is 11.8 Å². The van der Waals surface area contributed by atoms with Gasteiger partial charge >= 0.3 is 0 Å². The SMILES string of the molecule is O=C1c2ccccc2C(=O)C2C(Nc3ccccc3)=CC=CC12. The van der Waals surface area contributed by atoms with E-state index in [0.717, 1.165) is 11.4 Å². The van der Waals surface area contributed by atoms with Crippen LogP contribution in [0.1, 0.15) is 20.7 Å². The highest BCUT2D eigenvalue weighted by atomic mass is 16.1. The summed E-state index contributed by atoms with van der Waals surface area (Å²) in [6, 6.07) is 16.8. The van der Waals surface area contributed by atoms with Gasteiger partial charge in [0.1, 0.15) is 0 Å². The van der Waals surface area contributed by atoms with Gasteiger partial charge in [0.2, 0.25) is 0 Å². The number of allylic oxidation sites excluding steroid dienone is 4. The summed E-state index contributed by atoms with van der Waals surface area (Å²) >= 11 is 0. The number of carbonyl (C=O) groups excluding carboxylic acids is 2. The van der Waals surface area contributed by atoms with Crippen LogP contribution in [0.3, 0.4) is 0 Å². The molecule has 23 heavy (non-hydrogen) atoms. The number of para-hydroxylation sites is 1. The van der Waals surface area contributed by atoms with Crippen LogP contribution >= 0.6 is 0 Å². The molecule has 2 atom stereocenters. The van der Waals surface area contributed by atoms with Gasteiger partial charge in [-0.05, 0) is 18.2 Å². The average Bonchev–Trinajstić information content (AvgIpc) is 2.60. The zero-order valence-electron chi connectivity index (χ0n) is 12.4. The molecule has 2 aromatic carbocycles. The largest absolute Gasteiger partial charge is 0.358 e. The minimum absolute atomic E-state index is 0.00392. The Kier molecular flexibility index (Phi) is 3.19. The number of fused-ring (bicyclic) bond motifs is 2. The van der Waals surface area contributed by atoms with E-state index in [1.54, 1.807) is 24.3 Å². The van der Waals surface area contributed by atoms with Gasteiger partial charge in [0.25, 0.3) is 0 Å². The molecular weight excluding hydrogens is 286 g/mol. The van der Waals surface area contributed by atoms with Crippen molar-refractivity contribution in [2.75, 3.05) is 5.32 Å². The third kappa shape index (κ3) is 2.21. The van der Waals surface area contributed by atoms with Crippen molar-refractivity contribution in [3.8, 4) is 0 Å². The summed E-state index contributed by atoms with van der Waals surface area (Å²) in [6.07, 6.45) is 5.57. The maximum absolute atomic E-state index is 12.9. The first-order chi connectivity index (χ1) is 11.3. The van der Waals surface area contributed by atoms with Crippen molar-refractivity contribution in [3.05, 3.63) is 89.6 Å². The maximum Gasteiger partial charge on any atom is 0.173 e. The van der Waals surface area contributed by atoms with E-state index in [1.807, 2.05) is 48.6 Å². The first-order valence-corrected chi connectivity index (χ1v) is 7.63. The Morgan fingerprint density at radius 1 is 0.783 bits per heavy atom. The topological polar surface area (TPSA) is 46.2 Å². The molecule has 0 amide bonds. The molecule has 0 aromatic heterocycles. The first kappa shape index (κ1) is 13.7. The number of hydrogen-bond acceptors (Lipinski definition) is 3. The van der Waals surface area contributed by atoms with Gasteiger partial charge < -0.3 is 5.32 Å². The molecule has 0 saturated carbocycles. The number of benzene rings is 2. The number of rotatable bonds is 2. The number of ketones is 2. The van der Waals surface area contributed by atoms with Gasteiger partial charge in [0.15, 0.2) is 11.6 Å². The van der Waals surface area contributed by atoms with E-state index < -0.39 is 11.8 Å². The van der Waals surface area contributed by atoms with Gasteiger partial charge in [0.05, 0.1) is 11.8 Å². The molecule has 3 heteroatoms. The highest BCUT2D eigenvalue weighted by Gasteiger charge is 2.42. The summed E-state index contributed by atoms with van der Waals surface area (Å²) < 4.78 is 0. The monoisotopic (exact) mass is 301 g/mol. The van der Waals surface area contributed by atoms with E-state index in [9.17, 15) is 9.59 Å². The number of nitrogens with one attached hydrogen (secondary N) is 1. The van der Waals surface area contributed by atoms with Gasteiger partial charge in [-0.3, -0.25) is 9.59 Å². The van der Waals surface area contributed by atoms with E-state index in [2.05, 4.69) is 5.32 Å². The van der Waals surface area contributed by atoms with E-state index in [4.69, 9.17) is 0 Å². The van der Waals surface area contributed by atoms with Crippen LogP contribution in [0.2, 0.25) is 0 Å². The summed E-state index contributed by atoms with van der Waals surface area (Å²) in [5, 5.41) is 3.30. The van der Waals surface area contributed by atoms with Crippen LogP contribution in [-0.4, -0.2) is 11.6 Å². The normalized spacial score (nSPS) is 22.2. The molecular formula is C20H15NO2. The summed E-state index contributed by atoms with van der Waals surface area (Å²) in [7, 11) is 0. The fraction of sp³-hybridized carbons (Fsp3) is 0.100. The Bertz CT molecular complexity index is 849. The number of hydrogen-bond donors (Lipinski definition) is 1. The lowest BCUT2D eigenvalue weighted by Crippen LogP contribution is -2.39. The Hall–Kier alpha value is -2.94. The predicted octanol–water partition coefficient (Wildman–Crippen LogP) is 3.86. The molecule has 2 aliphatic carbocycles. The molecule has 0 bridgehead atoms. The van der Waals surface area contributed by atoms with E-state index >= 15 is 0 Å². The smallest absolute Gasteiger partial charge is 0.173 e. The van der Waals surface area contributed by atoms with Crippen LogP contribution in [0.25, 0.3) is 0 Å². The Labute approximate surface area is 134 Å². The van der Waals surface area contributed by atoms with Gasteiger partial charge in [-0.2, -0.15) is 0 Å². The minimum atomic E-state index is -0.470. The number of anilines is 1. The molecule has 2 aliphatic rings. The summed E-state index contributed by atoms with van der Waals surface area (Å²) in [5.74, 6) is -0.873. The highest BCUT2D eigenvalue weighted by Crippen LogP contribution is 2.37. The van der Waals surface area contributed by atoms with Crippen molar-refractivity contribution in [1.82, 2.24) is 0 Å². The van der Waals surface area contributed by atoms with E-state index in [1.165, 1.54) is 0 Å². The lowest BCUT2D eigenvalue weighted by Gasteiger charge is -2.32. The van der Waals surface area contributed by atoms with E-state index in [0.29, 0.717) is 11.1 Å². The molecule has 0 fully saturated rings. The molecule has 3 nitrogen and oxygen atoms in total. The molecule has 0 radical (unpaired) electrons. The summed E-state index contributed by atoms with van der Waals surface area (Å²) in [6.45, 7) is 0. The molecule has 0 heterocycles. The van der Waals surface area contributed by atoms with Gasteiger partial charge in [-0.1, -0.05) is 54.6 Å². The standard InChI is InChI=1S/C20H15NO2/c22-19-14-9-4-5-10-15(14)20(23)18-16(19)11-6-12-17(18)21-13-7-2-1-3-8-13/h1-12,16,18,21H. The Morgan fingerprint density at radius 3 is 2.17 bits per heavy atom. The summed E-state index contributed by atoms with van der Waals surface area (Å²) in [4.78, 5) is 25.7. The zero-order chi connectivity index (χ0) is 15.8. The zero-order valence-corrected chi connectivity index (χ0v) is 12.4. The number of carbonyl (C=O) groups is 2. The van der Waals surface area contributed by atoms with Crippen LogP contribution in [0.4, 0.5) is 5.69 Å². The van der Waals surface area contributed by atoms with Crippen molar-refractivity contribution >= 4 is 17.3 Å². The van der Waals surface area contributed by atoms with E-state index in [-0.39, 0.29) is 11.6 Å². The summed E-state index contributed by atoms with van der Waals surface area (Å²) in [5.41, 5.74) is 2.74. The molecule has 112 valence electrons. The Balaban J connectivity index is 1.75. The molecule has 0 saturated heterocycles. The second-order valence-electron chi connectivity index (χ2n) is 5.78. The predicted molar refractivity (Wildman–Crippen MR) is 89.4 cm³/mol. The minimum Gasteiger partial charge on any atom is -0.358 e. The highest BCUT2D eigenvalue weighted by molar-refractivity contribution is 6.17. The van der Waals surface area contributed by atoms with Crippen LogP contribution in [-0.2, 0) is 0 Å². The molecule has 4 rings (SSSR count). The van der Waals surface area contributed by atoms with Crippen molar-refractivity contribution < 1.29 is 9.59 Å². The third-order valence-corrected chi connectivity index (χ3v) is 4.39. The van der Waals surface area contributed by atoms with Gasteiger partial charge in [0, 0.05) is 22.5 Å². The Morgan fingerprint density at radius 2 is 1.43 bits per heavy atom. The van der Waals surface area contributed by atoms with Crippen molar-refractivity contribution in [3.63, 3.8) is 0 Å². The molecule has 2 unspecified atom stereocenters. The van der Waals surface area contributed by atoms with Crippen molar-refractivity contribution in [2.45, 2.75) is 0 Å². The molecule has 0 aliphatic heterocycles. The second-order valence-corrected chi connectivity index (χ2v) is 5.78. The third-order valence-electron chi connectivity index (χ3n) is 4.39. The quantitative estimate of drug-likeness (QED) is 0.916. The van der Waals surface area contributed by atoms with Crippen LogP contribution in [0.5, 0.6) is 0 Å². The van der Waals surface area contributed by atoms with Crippen LogP contribution < -0.4 is 5.32 Å². The fourth-order valence-corrected chi connectivity index (χ4v) is 3.30.